The Morgan fingerprint density at radius 2 is 1.78 bits per heavy atom. The summed E-state index contributed by atoms with van der Waals surface area (Å²) in [6.07, 6.45) is 8.17. The van der Waals surface area contributed by atoms with Gasteiger partial charge < -0.3 is 29.5 Å². The van der Waals surface area contributed by atoms with Crippen LogP contribution in [0.1, 0.15) is 106 Å². The van der Waals surface area contributed by atoms with Crippen molar-refractivity contribution in [3.63, 3.8) is 0 Å². The minimum absolute atomic E-state index is 0.0688. The van der Waals surface area contributed by atoms with E-state index in [1.165, 1.54) is 7.11 Å². The van der Waals surface area contributed by atoms with Crippen LogP contribution in [0, 0.1) is 5.92 Å². The fourth-order valence-electron chi connectivity index (χ4n) is 5.24. The number of carbonyl (C=O) groups is 4. The average Bonchev–Trinajstić information content (AvgIpc) is 3.74. The minimum atomic E-state index is -0.518. The maximum atomic E-state index is 13.1. The van der Waals surface area contributed by atoms with Gasteiger partial charge in [-0.15, -0.1) is 0 Å². The van der Waals surface area contributed by atoms with Crippen LogP contribution in [0.25, 0.3) is 0 Å². The lowest BCUT2D eigenvalue weighted by molar-refractivity contribution is -0.125. The molecule has 13 heteroatoms. The topological polar surface area (TPSA) is 165 Å². The normalized spacial score (nSPS) is 14.8. The van der Waals surface area contributed by atoms with E-state index in [1.54, 1.807) is 36.2 Å². The molecule has 46 heavy (non-hydrogen) atoms. The summed E-state index contributed by atoms with van der Waals surface area (Å²) in [7, 11) is 2.94. The van der Waals surface area contributed by atoms with Crippen molar-refractivity contribution in [2.75, 3.05) is 33.9 Å². The number of hydrogen-bond donors (Lipinski definition) is 2. The van der Waals surface area contributed by atoms with E-state index in [9.17, 15) is 19.2 Å². The van der Waals surface area contributed by atoms with Crippen LogP contribution in [0.4, 0.5) is 0 Å². The summed E-state index contributed by atoms with van der Waals surface area (Å²) in [6, 6.07) is 6.35. The third-order valence-corrected chi connectivity index (χ3v) is 7.65. The predicted molar refractivity (Wildman–Crippen MR) is 171 cm³/mol. The highest BCUT2D eigenvalue weighted by atomic mass is 16.5. The Morgan fingerprint density at radius 1 is 1.04 bits per heavy atom. The molecule has 1 aliphatic rings. The van der Waals surface area contributed by atoms with Gasteiger partial charge >= 0.3 is 5.97 Å². The molecule has 1 fully saturated rings. The number of esters is 1. The molecule has 0 radical (unpaired) electrons. The van der Waals surface area contributed by atoms with Crippen molar-refractivity contribution in [2.45, 2.75) is 90.6 Å². The number of amides is 3. The number of hydrogen-bond acceptors (Lipinski definition) is 10. The monoisotopic (exact) mass is 640 g/mol. The summed E-state index contributed by atoms with van der Waals surface area (Å²) in [6.45, 7) is 5.27. The van der Waals surface area contributed by atoms with E-state index in [0.717, 1.165) is 51.4 Å². The molecule has 0 spiro atoms. The molecule has 3 rings (SSSR count). The first kappa shape index (κ1) is 36.2. The smallest absolute Gasteiger partial charge is 0.341 e. The number of para-hydroxylation sites is 1. The van der Waals surface area contributed by atoms with Crippen LogP contribution < -0.4 is 15.4 Å². The molecule has 1 aromatic carbocycles. The standard InChI is InChI=1S/C33H48N6O7/c1-23(2)20-25(34-3)32(42)39-19-13-15-26(39)31-37-28(38-46-31)21-36-29(40)17-9-7-5-6-8-12-18-35-30(41)22-45-27-16-11-10-14-24(27)33(43)44-4/h10-11,14,16,23,26H,5-9,12-13,15,17-22H2,1-4H3,(H,35,41)(H,36,40)/b34-25+. The van der Waals surface area contributed by atoms with Crippen LogP contribution in [0.3, 0.4) is 0 Å². The molecule has 2 heterocycles. The fraction of sp³-hybridized carbons (Fsp3) is 0.606. The predicted octanol–water partition coefficient (Wildman–Crippen LogP) is 4.18. The molecule has 0 bridgehead atoms. The van der Waals surface area contributed by atoms with Crippen molar-refractivity contribution < 1.29 is 33.2 Å². The molecule has 1 aliphatic heterocycles. The number of likely N-dealkylation sites (tertiary alicyclic amines) is 1. The number of nitrogens with one attached hydrogen (secondary N) is 2. The van der Waals surface area contributed by atoms with Crippen molar-refractivity contribution in [3.05, 3.63) is 41.5 Å². The number of methoxy groups -OCH3 is 1. The Labute approximate surface area is 270 Å². The molecular weight excluding hydrogens is 592 g/mol. The van der Waals surface area contributed by atoms with E-state index in [2.05, 4.69) is 39.6 Å². The quantitative estimate of drug-likeness (QED) is 0.130. The second kappa shape index (κ2) is 19.3. The third-order valence-electron chi connectivity index (χ3n) is 7.65. The molecule has 3 amide bonds. The van der Waals surface area contributed by atoms with Crippen molar-refractivity contribution in [2.24, 2.45) is 10.9 Å². The van der Waals surface area contributed by atoms with Gasteiger partial charge in [0.25, 0.3) is 11.8 Å². The molecule has 1 aromatic heterocycles. The molecule has 1 atom stereocenters. The van der Waals surface area contributed by atoms with Gasteiger partial charge in [-0.2, -0.15) is 4.98 Å². The molecule has 2 N–H and O–H groups in total. The lowest BCUT2D eigenvalue weighted by Gasteiger charge is -2.23. The zero-order chi connectivity index (χ0) is 33.3. The third kappa shape index (κ3) is 11.6. The highest BCUT2D eigenvalue weighted by Crippen LogP contribution is 2.31. The molecular formula is C33H48N6O7. The SMILES string of the molecule is C/N=C(\CC(C)C)C(=O)N1CCCC1c1nc(CNC(=O)CCCCCCCCNC(=O)COc2ccccc2C(=O)OC)no1. The van der Waals surface area contributed by atoms with Crippen LogP contribution in [0.5, 0.6) is 5.75 Å². The lowest BCUT2D eigenvalue weighted by atomic mass is 10.1. The van der Waals surface area contributed by atoms with Crippen molar-refractivity contribution in [1.82, 2.24) is 25.7 Å². The molecule has 0 saturated carbocycles. The summed E-state index contributed by atoms with van der Waals surface area (Å²) < 4.78 is 15.7. The second-order valence-corrected chi connectivity index (χ2v) is 11.7. The number of carbonyl (C=O) groups excluding carboxylic acids is 4. The number of ether oxygens (including phenoxy) is 2. The second-order valence-electron chi connectivity index (χ2n) is 11.7. The van der Waals surface area contributed by atoms with Gasteiger partial charge in [0.1, 0.15) is 17.4 Å². The van der Waals surface area contributed by atoms with Crippen molar-refractivity contribution >= 4 is 29.4 Å². The fourth-order valence-corrected chi connectivity index (χ4v) is 5.24. The average molecular weight is 641 g/mol. The van der Waals surface area contributed by atoms with Gasteiger partial charge in [0.15, 0.2) is 12.4 Å². The summed E-state index contributed by atoms with van der Waals surface area (Å²) in [5, 5.41) is 9.69. The highest BCUT2D eigenvalue weighted by Gasteiger charge is 2.35. The van der Waals surface area contributed by atoms with Gasteiger partial charge in [-0.05, 0) is 50.2 Å². The molecule has 13 nitrogen and oxygen atoms in total. The Hall–Kier alpha value is -4.29. The molecule has 2 aromatic rings. The Bertz CT molecular complexity index is 1330. The Balaban J connectivity index is 1.23. The first-order chi connectivity index (χ1) is 22.2. The molecule has 252 valence electrons. The van der Waals surface area contributed by atoms with Gasteiger partial charge in [0.05, 0.1) is 19.4 Å². The van der Waals surface area contributed by atoms with Gasteiger partial charge in [-0.25, -0.2) is 4.79 Å². The van der Waals surface area contributed by atoms with Crippen LogP contribution >= 0.6 is 0 Å². The zero-order valence-electron chi connectivity index (χ0n) is 27.5. The summed E-state index contributed by atoms with van der Waals surface area (Å²) >= 11 is 0. The van der Waals surface area contributed by atoms with Crippen LogP contribution in [-0.4, -0.2) is 78.3 Å². The lowest BCUT2D eigenvalue weighted by Crippen LogP contribution is -2.36. The number of nitrogens with zero attached hydrogens (tertiary/aromatic N) is 4. The van der Waals surface area contributed by atoms with Crippen molar-refractivity contribution in [1.29, 1.82) is 0 Å². The largest absolute Gasteiger partial charge is 0.483 e. The Morgan fingerprint density at radius 3 is 2.52 bits per heavy atom. The molecule has 1 unspecified atom stereocenters. The van der Waals surface area contributed by atoms with E-state index in [1.807, 2.05) is 0 Å². The molecule has 1 saturated heterocycles. The number of rotatable bonds is 19. The number of benzene rings is 1. The Kier molecular flexibility index (Phi) is 15.2. The number of unbranched alkanes of at least 4 members (excludes halogenated alkanes) is 5. The first-order valence-corrected chi connectivity index (χ1v) is 16.2. The summed E-state index contributed by atoms with van der Waals surface area (Å²) in [5.74, 6) is 0.491. The zero-order valence-corrected chi connectivity index (χ0v) is 27.5. The first-order valence-electron chi connectivity index (χ1n) is 16.2. The van der Waals surface area contributed by atoms with Crippen LogP contribution in [0.2, 0.25) is 0 Å². The van der Waals surface area contributed by atoms with Gasteiger partial charge in [-0.1, -0.05) is 56.8 Å². The van der Waals surface area contributed by atoms with E-state index in [0.29, 0.717) is 55.0 Å². The number of aliphatic imine (C=N–C) groups is 1. The summed E-state index contributed by atoms with van der Waals surface area (Å²) in [5.41, 5.74) is 0.832. The molecule has 0 aliphatic carbocycles. The van der Waals surface area contributed by atoms with E-state index in [4.69, 9.17) is 14.0 Å². The number of aromatic nitrogens is 2. The van der Waals surface area contributed by atoms with Crippen molar-refractivity contribution in [3.8, 4) is 5.75 Å². The van der Waals surface area contributed by atoms with E-state index < -0.39 is 5.97 Å². The maximum absolute atomic E-state index is 13.1. The maximum Gasteiger partial charge on any atom is 0.341 e. The highest BCUT2D eigenvalue weighted by molar-refractivity contribution is 6.38. The van der Waals surface area contributed by atoms with E-state index >= 15 is 0 Å². The van der Waals surface area contributed by atoms with Gasteiger partial charge in [0.2, 0.25) is 11.8 Å². The van der Waals surface area contributed by atoms with Crippen LogP contribution in [-0.2, 0) is 25.7 Å². The van der Waals surface area contributed by atoms with Gasteiger partial charge in [0, 0.05) is 26.6 Å². The van der Waals surface area contributed by atoms with E-state index in [-0.39, 0.29) is 42.5 Å². The minimum Gasteiger partial charge on any atom is -0.483 e. The van der Waals surface area contributed by atoms with Gasteiger partial charge in [-0.3, -0.25) is 19.4 Å². The van der Waals surface area contributed by atoms with Crippen LogP contribution in [0.15, 0.2) is 33.8 Å². The summed E-state index contributed by atoms with van der Waals surface area (Å²) in [4.78, 5) is 59.7.